The fourth-order valence-corrected chi connectivity index (χ4v) is 9.99. The molecule has 332 valence electrons. The molecule has 6 aromatic rings. The minimum absolute atomic E-state index is 0. The molecule has 0 aliphatic carbocycles. The normalized spacial score (nSPS) is 13.5. The summed E-state index contributed by atoms with van der Waals surface area (Å²) in [7, 11) is 3.56. The third-order valence-corrected chi connectivity index (χ3v) is 13.8. The van der Waals surface area contributed by atoms with E-state index in [9.17, 15) is 13.2 Å². The first-order valence-electron chi connectivity index (χ1n) is 20.9. The lowest BCUT2D eigenvalue weighted by atomic mass is 9.98. The molecule has 1 saturated heterocycles. The summed E-state index contributed by atoms with van der Waals surface area (Å²) in [6, 6.07) is 28.5. The quantitative estimate of drug-likeness (QED) is 0.0492. The van der Waals surface area contributed by atoms with Gasteiger partial charge < -0.3 is 29.0 Å². The molecule has 0 saturated carbocycles. The first-order chi connectivity index (χ1) is 29.6. The minimum atomic E-state index is -3.44. The lowest BCUT2D eigenvalue weighted by Crippen LogP contribution is -2.51. The predicted octanol–water partition coefficient (Wildman–Crippen LogP) is 7.82. The summed E-state index contributed by atoms with van der Waals surface area (Å²) in [5.41, 5.74) is 7.19. The monoisotopic (exact) mass is 949 g/mol. The van der Waals surface area contributed by atoms with Crippen molar-refractivity contribution in [1.29, 1.82) is 0 Å². The van der Waals surface area contributed by atoms with E-state index in [1.807, 2.05) is 74.2 Å². The highest BCUT2D eigenvalue weighted by Crippen LogP contribution is 2.40. The molecule has 13 nitrogen and oxygen atoms in total. The molecule has 1 aliphatic heterocycles. The van der Waals surface area contributed by atoms with Crippen molar-refractivity contribution in [3.05, 3.63) is 108 Å². The Morgan fingerprint density at radius 2 is 1.61 bits per heavy atom. The van der Waals surface area contributed by atoms with Crippen LogP contribution in [0.2, 0.25) is 0 Å². The number of rotatable bonds is 19. The molecule has 0 atom stereocenters. The largest absolute Gasteiger partial charge is 0.493 e. The van der Waals surface area contributed by atoms with Crippen molar-refractivity contribution in [3.8, 4) is 22.6 Å². The van der Waals surface area contributed by atoms with E-state index in [1.165, 1.54) is 8.61 Å². The Balaban J connectivity index is 0.00000641. The Morgan fingerprint density at radius 3 is 2.32 bits per heavy atom. The number of hydrogen-bond donors (Lipinski definition) is 1. The van der Waals surface area contributed by atoms with Crippen molar-refractivity contribution in [2.24, 2.45) is 7.05 Å². The maximum absolute atomic E-state index is 14.0. The van der Waals surface area contributed by atoms with Crippen molar-refractivity contribution in [2.75, 3.05) is 72.0 Å². The Kier molecular flexibility index (Phi) is 16.0. The van der Waals surface area contributed by atoms with Crippen LogP contribution < -0.4 is 19.7 Å². The number of ether oxygens (including phenoxy) is 3. The van der Waals surface area contributed by atoms with Gasteiger partial charge in [0.25, 0.3) is 10.2 Å². The SMILES string of the molecule is CCOC(=O)c1c(CCCOc2cccc3ccccc23)c2cccc(-c3c(COc4ccc(N5CCN(S(=O)(=O)N(C)C)CC5)cc4)nn(C)c3CBr)c2n1CCCNC.Cl. The van der Waals surface area contributed by atoms with Gasteiger partial charge in [0.2, 0.25) is 0 Å². The van der Waals surface area contributed by atoms with Crippen LogP contribution in [0.3, 0.4) is 0 Å². The van der Waals surface area contributed by atoms with Crippen molar-refractivity contribution >= 4 is 71.9 Å². The second-order valence-electron chi connectivity index (χ2n) is 15.3. The lowest BCUT2D eigenvalue weighted by molar-refractivity contribution is 0.0512. The van der Waals surface area contributed by atoms with Gasteiger partial charge in [-0.25, -0.2) is 4.79 Å². The first kappa shape index (κ1) is 46.9. The fraction of sp³-hybridized carbons (Fsp3) is 0.391. The molecule has 1 N–H and O–H groups in total. The molecule has 7 rings (SSSR count). The van der Waals surface area contributed by atoms with E-state index in [2.05, 4.69) is 67.1 Å². The zero-order chi connectivity index (χ0) is 43.1. The number of aryl methyl sites for hydroxylation is 3. The van der Waals surface area contributed by atoms with E-state index < -0.39 is 10.2 Å². The number of esters is 1. The number of benzene rings is 4. The standard InChI is InChI=1S/C46H56BrN7O6S.ClH/c1-6-58-46(55)45-38(18-11-30-59-42-19-9-14-33-13-7-8-15-36(33)42)37-16-10-17-39(44(37)54(45)25-12-24-48-2)43-40(49-51(5)41(43)31-47)32-60-35-22-20-34(21-23-35)52-26-28-53(29-27-52)61(56,57)50(3)4;/h7-10,13-17,19-23,48H,6,11-12,18,24-32H2,1-5H3;1H. The number of carbonyl (C=O) groups is 1. The number of anilines is 1. The molecule has 0 unspecified atom stereocenters. The first-order valence-corrected chi connectivity index (χ1v) is 23.4. The zero-order valence-electron chi connectivity index (χ0n) is 36.1. The molecule has 16 heteroatoms. The van der Waals surface area contributed by atoms with Gasteiger partial charge in [0.1, 0.15) is 29.5 Å². The second-order valence-corrected chi connectivity index (χ2v) is 18.0. The van der Waals surface area contributed by atoms with E-state index in [-0.39, 0.29) is 31.6 Å². The summed E-state index contributed by atoms with van der Waals surface area (Å²) < 4.78 is 50.7. The van der Waals surface area contributed by atoms with Crippen LogP contribution in [0, 0.1) is 0 Å². The van der Waals surface area contributed by atoms with Crippen LogP contribution >= 0.6 is 28.3 Å². The minimum Gasteiger partial charge on any atom is -0.493 e. The Morgan fingerprint density at radius 1 is 0.903 bits per heavy atom. The molecule has 0 radical (unpaired) electrons. The van der Waals surface area contributed by atoms with Crippen LogP contribution in [0.1, 0.15) is 47.2 Å². The number of carbonyl (C=O) groups excluding carboxylic acids is 1. The topological polar surface area (TPSA) is 123 Å². The molecule has 0 bridgehead atoms. The number of alkyl halides is 1. The number of halogens is 2. The molecule has 1 aliphatic rings. The Bertz CT molecular complexity index is 2570. The molecule has 2 aromatic heterocycles. The van der Waals surface area contributed by atoms with Gasteiger partial charge in [-0.05, 0) is 81.1 Å². The number of para-hydroxylation sites is 1. The summed E-state index contributed by atoms with van der Waals surface area (Å²) in [6.07, 6.45) is 2.12. The Labute approximate surface area is 379 Å². The van der Waals surface area contributed by atoms with Crippen molar-refractivity contribution in [1.82, 2.24) is 28.3 Å². The van der Waals surface area contributed by atoms with E-state index in [0.717, 1.165) is 74.2 Å². The summed E-state index contributed by atoms with van der Waals surface area (Å²) >= 11 is 3.76. The molecular weight excluding hydrogens is 894 g/mol. The maximum Gasteiger partial charge on any atom is 0.355 e. The summed E-state index contributed by atoms with van der Waals surface area (Å²) in [5.74, 6) is 1.21. The van der Waals surface area contributed by atoms with E-state index in [1.54, 1.807) is 14.1 Å². The third-order valence-electron chi connectivity index (χ3n) is 11.3. The number of fused-ring (bicyclic) bond motifs is 2. The Hall–Kier alpha value is -4.64. The fourth-order valence-electron chi connectivity index (χ4n) is 8.26. The molecule has 3 heterocycles. The highest BCUT2D eigenvalue weighted by atomic mass is 79.9. The number of piperazine rings is 1. The predicted molar refractivity (Wildman–Crippen MR) is 253 cm³/mol. The van der Waals surface area contributed by atoms with E-state index in [4.69, 9.17) is 19.3 Å². The van der Waals surface area contributed by atoms with Crippen LogP contribution in [0.25, 0.3) is 32.8 Å². The van der Waals surface area contributed by atoms with Crippen molar-refractivity contribution in [2.45, 2.75) is 44.7 Å². The van der Waals surface area contributed by atoms with Crippen LogP contribution in [0.15, 0.2) is 84.9 Å². The highest BCUT2D eigenvalue weighted by Gasteiger charge is 2.30. The molecule has 62 heavy (non-hydrogen) atoms. The van der Waals surface area contributed by atoms with Gasteiger partial charge in [-0.1, -0.05) is 70.5 Å². The van der Waals surface area contributed by atoms with Gasteiger partial charge in [0.05, 0.1) is 24.4 Å². The van der Waals surface area contributed by atoms with Gasteiger partial charge in [0, 0.05) is 86.8 Å². The number of nitrogens with one attached hydrogen (secondary N) is 1. The molecular formula is C46H57BrClN7O6S. The van der Waals surface area contributed by atoms with E-state index in [0.29, 0.717) is 68.9 Å². The number of nitrogens with zero attached hydrogens (tertiary/aromatic N) is 6. The maximum atomic E-state index is 14.0. The zero-order valence-corrected chi connectivity index (χ0v) is 39.3. The summed E-state index contributed by atoms with van der Waals surface area (Å²) in [5, 5.41) is 12.0. The average Bonchev–Trinajstić information content (AvgIpc) is 3.77. The smallest absolute Gasteiger partial charge is 0.355 e. The lowest BCUT2D eigenvalue weighted by Gasteiger charge is -2.36. The van der Waals surface area contributed by atoms with Crippen LogP contribution in [-0.4, -0.2) is 104 Å². The summed E-state index contributed by atoms with van der Waals surface area (Å²) in [6.45, 7) is 6.25. The number of hydrogen-bond acceptors (Lipinski definition) is 9. The molecule has 1 fully saturated rings. The van der Waals surface area contributed by atoms with Crippen LogP contribution in [0.5, 0.6) is 11.5 Å². The van der Waals surface area contributed by atoms with E-state index >= 15 is 0 Å². The molecule has 0 spiro atoms. The van der Waals surface area contributed by atoms with Gasteiger partial charge in [-0.2, -0.15) is 22.1 Å². The van der Waals surface area contributed by atoms with Crippen LogP contribution in [-0.2, 0) is 46.9 Å². The van der Waals surface area contributed by atoms with Gasteiger partial charge in [0.15, 0.2) is 0 Å². The van der Waals surface area contributed by atoms with Crippen molar-refractivity contribution in [3.63, 3.8) is 0 Å². The average molecular weight is 951 g/mol. The number of aromatic nitrogens is 3. The summed E-state index contributed by atoms with van der Waals surface area (Å²) in [4.78, 5) is 16.2. The molecule has 0 amide bonds. The highest BCUT2D eigenvalue weighted by molar-refractivity contribution is 9.08. The second kappa shape index (κ2) is 21.2. The van der Waals surface area contributed by atoms with Crippen LogP contribution in [0.4, 0.5) is 5.69 Å². The van der Waals surface area contributed by atoms with Gasteiger partial charge >= 0.3 is 5.97 Å². The van der Waals surface area contributed by atoms with Crippen molar-refractivity contribution < 1.29 is 27.4 Å². The van der Waals surface area contributed by atoms with Gasteiger partial charge in [-0.3, -0.25) is 4.68 Å². The third kappa shape index (κ3) is 9.93. The molecule has 4 aromatic carbocycles. The van der Waals surface area contributed by atoms with Gasteiger partial charge in [-0.15, -0.1) is 12.4 Å².